The summed E-state index contributed by atoms with van der Waals surface area (Å²) >= 11 is 0. The minimum Gasteiger partial charge on any atom is -0.464 e. The zero-order valence-corrected chi connectivity index (χ0v) is 15.6. The van der Waals surface area contributed by atoms with E-state index in [-0.39, 0.29) is 17.0 Å². The van der Waals surface area contributed by atoms with Gasteiger partial charge in [-0.3, -0.25) is 4.57 Å². The van der Waals surface area contributed by atoms with Crippen LogP contribution in [0.4, 0.5) is 0 Å². The summed E-state index contributed by atoms with van der Waals surface area (Å²) in [5.74, 6) is 2.08. The van der Waals surface area contributed by atoms with Crippen LogP contribution in [0.2, 0.25) is 0 Å². The summed E-state index contributed by atoms with van der Waals surface area (Å²) in [5.41, 5.74) is 0.792. The molecule has 0 saturated heterocycles. The molecule has 4 rings (SSSR count). The van der Waals surface area contributed by atoms with E-state index in [1.165, 1.54) is 28.1 Å². The Bertz CT molecular complexity index is 1140. The molecule has 3 aromatic rings. The lowest BCUT2D eigenvalue weighted by Crippen LogP contribution is -2.26. The molecule has 1 aliphatic carbocycles. The zero-order valence-electron chi connectivity index (χ0n) is 14.8. The minimum atomic E-state index is -3.74. The minimum absolute atomic E-state index is 0.0736. The van der Waals surface area contributed by atoms with Crippen molar-refractivity contribution in [3.05, 3.63) is 52.4 Å². The van der Waals surface area contributed by atoms with Gasteiger partial charge in [-0.25, -0.2) is 13.2 Å². The number of oxazole rings is 1. The molecule has 7 nitrogen and oxygen atoms in total. The third-order valence-corrected chi connectivity index (χ3v) is 6.81. The highest BCUT2D eigenvalue weighted by atomic mass is 32.2. The molecule has 0 aliphatic heterocycles. The largest absolute Gasteiger partial charge is 0.464 e. The lowest BCUT2D eigenvalue weighted by atomic mass is 10.3. The molecule has 1 aromatic carbocycles. The topological polar surface area (TPSA) is 85.7 Å². The quantitative estimate of drug-likeness (QED) is 0.683. The van der Waals surface area contributed by atoms with Crippen LogP contribution in [0.15, 0.2) is 48.9 Å². The van der Waals surface area contributed by atoms with Crippen molar-refractivity contribution in [2.75, 3.05) is 7.05 Å². The van der Waals surface area contributed by atoms with Gasteiger partial charge in [0, 0.05) is 26.1 Å². The van der Waals surface area contributed by atoms with Crippen LogP contribution in [0.25, 0.3) is 11.1 Å². The summed E-state index contributed by atoms with van der Waals surface area (Å²) in [4.78, 5) is 11.7. The summed E-state index contributed by atoms with van der Waals surface area (Å²) in [6, 6.07) is 8.17. The predicted octanol–water partition coefficient (Wildman–Crippen LogP) is 2.67. The molecule has 0 spiro atoms. The molecule has 26 heavy (non-hydrogen) atoms. The van der Waals surface area contributed by atoms with Crippen molar-refractivity contribution in [2.45, 2.75) is 30.7 Å². The van der Waals surface area contributed by atoms with E-state index in [1.54, 1.807) is 13.1 Å². The highest BCUT2D eigenvalue weighted by molar-refractivity contribution is 7.89. The monoisotopic (exact) mass is 376 g/mol. The van der Waals surface area contributed by atoms with Crippen molar-refractivity contribution >= 4 is 21.1 Å². The molecule has 1 fully saturated rings. The first-order valence-corrected chi connectivity index (χ1v) is 9.86. The number of nitrogens with zero attached hydrogens (tertiary/aromatic N) is 2. The molecule has 8 heteroatoms. The van der Waals surface area contributed by atoms with Gasteiger partial charge < -0.3 is 8.83 Å². The lowest BCUT2D eigenvalue weighted by molar-refractivity contribution is 0.390. The first-order valence-electron chi connectivity index (χ1n) is 8.42. The Morgan fingerprint density at radius 3 is 2.65 bits per heavy atom. The first kappa shape index (κ1) is 17.1. The Morgan fingerprint density at radius 1 is 1.23 bits per heavy atom. The Hall–Kier alpha value is -2.32. The van der Waals surface area contributed by atoms with Gasteiger partial charge in [0.2, 0.25) is 10.0 Å². The van der Waals surface area contributed by atoms with Gasteiger partial charge in [-0.1, -0.05) is 6.92 Å². The average Bonchev–Trinajstić information content (AvgIpc) is 3.02. The lowest BCUT2D eigenvalue weighted by Gasteiger charge is -2.16. The van der Waals surface area contributed by atoms with E-state index < -0.39 is 15.8 Å². The summed E-state index contributed by atoms with van der Waals surface area (Å²) in [5, 5.41) is 0. The van der Waals surface area contributed by atoms with E-state index in [2.05, 4.69) is 6.92 Å². The number of aromatic nitrogens is 1. The van der Waals surface area contributed by atoms with E-state index in [0.717, 1.165) is 12.2 Å². The molecular weight excluding hydrogens is 356 g/mol. The third-order valence-electron chi connectivity index (χ3n) is 5.01. The van der Waals surface area contributed by atoms with Gasteiger partial charge in [0.15, 0.2) is 5.58 Å². The van der Waals surface area contributed by atoms with Crippen LogP contribution in [-0.2, 0) is 23.6 Å². The van der Waals surface area contributed by atoms with Crippen molar-refractivity contribution in [3.8, 4) is 0 Å². The molecule has 0 N–H and O–H groups in total. The molecule has 138 valence electrons. The Kier molecular flexibility index (Phi) is 3.85. The number of hydrogen-bond acceptors (Lipinski definition) is 5. The highest BCUT2D eigenvalue weighted by Gasteiger charge is 2.36. The van der Waals surface area contributed by atoms with Crippen LogP contribution in [-0.4, -0.2) is 24.3 Å². The number of fused-ring (bicyclic) bond motifs is 1. The standard InChI is InChI=1S/C18H20N2O5S/c1-11-8-14(11)16-7-4-12(24-16)10-19(2)26(22,23)13-5-6-15-17(9-13)25-18(21)20(15)3/h4-7,9,11,14H,8,10H2,1-3H3/t11-,14-/m0/s1. The molecule has 0 unspecified atom stereocenters. The Labute approximate surface area is 150 Å². The number of hydrogen-bond donors (Lipinski definition) is 0. The molecule has 0 radical (unpaired) electrons. The van der Waals surface area contributed by atoms with Gasteiger partial charge in [-0.05, 0) is 36.6 Å². The molecule has 1 aliphatic rings. The second-order valence-corrected chi connectivity index (χ2v) is 8.99. The fourth-order valence-electron chi connectivity index (χ4n) is 3.16. The average molecular weight is 376 g/mol. The number of benzene rings is 1. The fourth-order valence-corrected chi connectivity index (χ4v) is 4.31. The molecule has 2 atom stereocenters. The maximum atomic E-state index is 12.8. The number of aryl methyl sites for hydroxylation is 1. The summed E-state index contributed by atoms with van der Waals surface area (Å²) in [6.45, 7) is 2.31. The second kappa shape index (κ2) is 5.85. The van der Waals surface area contributed by atoms with Crippen LogP contribution in [0.5, 0.6) is 0 Å². The van der Waals surface area contributed by atoms with Gasteiger partial charge in [-0.15, -0.1) is 0 Å². The van der Waals surface area contributed by atoms with Gasteiger partial charge in [-0.2, -0.15) is 4.31 Å². The van der Waals surface area contributed by atoms with Gasteiger partial charge in [0.25, 0.3) is 0 Å². The summed E-state index contributed by atoms with van der Waals surface area (Å²) in [6.07, 6.45) is 1.11. The van der Waals surface area contributed by atoms with Gasteiger partial charge in [0.1, 0.15) is 11.5 Å². The summed E-state index contributed by atoms with van der Waals surface area (Å²) in [7, 11) is -0.661. The number of sulfonamides is 1. The molecule has 0 amide bonds. The van der Waals surface area contributed by atoms with Crippen molar-refractivity contribution in [1.29, 1.82) is 0 Å². The van der Waals surface area contributed by atoms with E-state index in [4.69, 9.17) is 8.83 Å². The third kappa shape index (κ3) is 2.79. The number of furan rings is 1. The highest BCUT2D eigenvalue weighted by Crippen LogP contribution is 2.47. The molecule has 2 aromatic heterocycles. The normalized spacial score (nSPS) is 20.2. The van der Waals surface area contributed by atoms with Gasteiger partial charge in [0.05, 0.1) is 17.0 Å². The van der Waals surface area contributed by atoms with Crippen molar-refractivity contribution in [1.82, 2.24) is 8.87 Å². The van der Waals surface area contributed by atoms with E-state index >= 15 is 0 Å². The van der Waals surface area contributed by atoms with Crippen LogP contribution < -0.4 is 5.76 Å². The maximum absolute atomic E-state index is 12.8. The first-order chi connectivity index (χ1) is 12.3. The van der Waals surface area contributed by atoms with Crippen molar-refractivity contribution in [3.63, 3.8) is 0 Å². The molecule has 1 saturated carbocycles. The van der Waals surface area contributed by atoms with E-state index in [9.17, 15) is 13.2 Å². The molecule has 2 heterocycles. The number of rotatable bonds is 5. The zero-order chi connectivity index (χ0) is 18.6. The Balaban J connectivity index is 1.59. The molecular formula is C18H20N2O5S. The smallest absolute Gasteiger partial charge is 0.419 e. The molecule has 0 bridgehead atoms. The van der Waals surface area contributed by atoms with Crippen LogP contribution in [0.3, 0.4) is 0 Å². The van der Waals surface area contributed by atoms with Crippen molar-refractivity contribution in [2.24, 2.45) is 13.0 Å². The maximum Gasteiger partial charge on any atom is 0.419 e. The van der Waals surface area contributed by atoms with Crippen LogP contribution >= 0.6 is 0 Å². The van der Waals surface area contributed by atoms with Crippen LogP contribution in [0.1, 0.15) is 30.8 Å². The predicted molar refractivity (Wildman–Crippen MR) is 95.3 cm³/mol. The van der Waals surface area contributed by atoms with E-state index in [0.29, 0.717) is 23.1 Å². The SMILES string of the molecule is C[C@H]1C[C@@H]1c1ccc(CN(C)S(=O)(=O)c2ccc3c(c2)oc(=O)n3C)o1. The summed E-state index contributed by atoms with van der Waals surface area (Å²) < 4.78 is 39.1. The second-order valence-electron chi connectivity index (χ2n) is 6.94. The van der Waals surface area contributed by atoms with Crippen LogP contribution in [0, 0.1) is 5.92 Å². The van der Waals surface area contributed by atoms with E-state index in [1.807, 2.05) is 12.1 Å². The van der Waals surface area contributed by atoms with Crippen molar-refractivity contribution < 1.29 is 17.3 Å². The fraction of sp³-hybridized carbons (Fsp3) is 0.389. The Morgan fingerprint density at radius 2 is 1.96 bits per heavy atom. The van der Waals surface area contributed by atoms with Gasteiger partial charge >= 0.3 is 5.76 Å².